The van der Waals surface area contributed by atoms with Crippen LogP contribution in [0.3, 0.4) is 0 Å². The van der Waals surface area contributed by atoms with Crippen molar-refractivity contribution in [3.8, 4) is 0 Å². The summed E-state index contributed by atoms with van der Waals surface area (Å²) in [6.45, 7) is 9.52. The Morgan fingerprint density at radius 1 is 1.04 bits per heavy atom. The van der Waals surface area contributed by atoms with E-state index in [0.29, 0.717) is 16.5 Å². The van der Waals surface area contributed by atoms with Crippen LogP contribution in [0.5, 0.6) is 0 Å². The highest BCUT2D eigenvalue weighted by Crippen LogP contribution is 2.35. The average Bonchev–Trinajstić information content (AvgIpc) is 2.55. The molecule has 2 amide bonds. The largest absolute Gasteiger partial charge is 0.333 e. The lowest BCUT2D eigenvalue weighted by Gasteiger charge is -2.21. The third kappa shape index (κ3) is 5.17. The van der Waals surface area contributed by atoms with E-state index >= 15 is 0 Å². The van der Waals surface area contributed by atoms with Crippen molar-refractivity contribution >= 4 is 33.3 Å². The predicted octanol–water partition coefficient (Wildman–Crippen LogP) is 4.20. The molecule has 9 heteroatoms. The minimum Gasteiger partial charge on any atom is -0.307 e. The summed E-state index contributed by atoms with van der Waals surface area (Å²) in [5.41, 5.74) is 2.23. The van der Waals surface area contributed by atoms with Crippen LogP contribution in [0.4, 0.5) is 10.5 Å². The number of aromatic nitrogens is 2. The second-order valence-electron chi connectivity index (χ2n) is 6.79. The number of aryl methyl sites for hydroxylation is 1. The highest BCUT2D eigenvalue weighted by molar-refractivity contribution is 7.90. The molecule has 0 radical (unpaired) electrons. The molecule has 0 saturated carbocycles. The maximum Gasteiger partial charge on any atom is 0.333 e. The molecular weight excluding hydrogens is 388 g/mol. The van der Waals surface area contributed by atoms with E-state index in [2.05, 4.69) is 15.3 Å². The van der Waals surface area contributed by atoms with Crippen molar-refractivity contribution in [1.29, 1.82) is 0 Å². The molecule has 0 spiro atoms. The van der Waals surface area contributed by atoms with Crippen LogP contribution < -0.4 is 10.0 Å². The highest BCUT2D eigenvalue weighted by atomic mass is 35.5. The Labute approximate surface area is 164 Å². The Balaban J connectivity index is 2.33. The van der Waals surface area contributed by atoms with Gasteiger partial charge in [-0.1, -0.05) is 39.3 Å². The molecule has 0 fully saturated rings. The number of halogens is 1. The van der Waals surface area contributed by atoms with E-state index in [4.69, 9.17) is 11.6 Å². The quantitative estimate of drug-likeness (QED) is 0.769. The van der Waals surface area contributed by atoms with E-state index in [0.717, 1.165) is 23.5 Å². The number of carbonyl (C=O) groups is 1. The highest BCUT2D eigenvalue weighted by Gasteiger charge is 2.22. The average molecular weight is 411 g/mol. The van der Waals surface area contributed by atoms with Gasteiger partial charge in [0, 0.05) is 10.7 Å². The first-order valence-corrected chi connectivity index (χ1v) is 10.3. The SMILES string of the molecule is Cc1ncc(S(=O)(=O)NC(=O)Nc2c(C(C)C)cc(Cl)cc2C(C)C)cn1. The zero-order chi connectivity index (χ0) is 20.4. The summed E-state index contributed by atoms with van der Waals surface area (Å²) in [6, 6.07) is 2.69. The van der Waals surface area contributed by atoms with Gasteiger partial charge in [0.05, 0.1) is 12.4 Å². The number of hydrogen-bond donors (Lipinski definition) is 2. The second kappa shape index (κ2) is 8.22. The Morgan fingerprint density at radius 3 is 1.96 bits per heavy atom. The molecule has 0 aliphatic rings. The monoisotopic (exact) mass is 410 g/mol. The van der Waals surface area contributed by atoms with Crippen LogP contribution >= 0.6 is 11.6 Å². The van der Waals surface area contributed by atoms with E-state index < -0.39 is 16.1 Å². The van der Waals surface area contributed by atoms with Gasteiger partial charge in [-0.15, -0.1) is 0 Å². The van der Waals surface area contributed by atoms with Crippen LogP contribution in [0.25, 0.3) is 0 Å². The molecule has 27 heavy (non-hydrogen) atoms. The standard InChI is InChI=1S/C18H23ClN4O3S/c1-10(2)15-6-13(19)7-16(11(3)4)17(15)22-18(24)23-27(25,26)14-8-20-12(5)21-9-14/h6-11H,1-5H3,(H2,22,23,24). The number of benzene rings is 1. The molecule has 2 N–H and O–H groups in total. The molecule has 0 saturated heterocycles. The summed E-state index contributed by atoms with van der Waals surface area (Å²) in [4.78, 5) is 19.9. The molecule has 1 heterocycles. The fourth-order valence-electron chi connectivity index (χ4n) is 2.54. The summed E-state index contributed by atoms with van der Waals surface area (Å²) >= 11 is 6.21. The smallest absolute Gasteiger partial charge is 0.307 e. The number of nitrogens with one attached hydrogen (secondary N) is 2. The topological polar surface area (TPSA) is 101 Å². The number of sulfonamides is 1. The van der Waals surface area contributed by atoms with Gasteiger partial charge in [-0.05, 0) is 42.0 Å². The lowest BCUT2D eigenvalue weighted by Crippen LogP contribution is -2.35. The van der Waals surface area contributed by atoms with Gasteiger partial charge in [-0.3, -0.25) is 0 Å². The normalized spacial score (nSPS) is 11.7. The van der Waals surface area contributed by atoms with Crippen LogP contribution in [-0.2, 0) is 10.0 Å². The van der Waals surface area contributed by atoms with Gasteiger partial charge >= 0.3 is 6.03 Å². The summed E-state index contributed by atoms with van der Waals surface area (Å²) in [5, 5.41) is 3.25. The molecule has 146 valence electrons. The van der Waals surface area contributed by atoms with Gasteiger partial charge in [0.1, 0.15) is 10.7 Å². The maximum atomic E-state index is 12.4. The zero-order valence-corrected chi connectivity index (χ0v) is 17.4. The molecule has 1 aromatic carbocycles. The minimum absolute atomic E-state index is 0.0820. The first-order chi connectivity index (χ1) is 12.5. The zero-order valence-electron chi connectivity index (χ0n) is 15.9. The molecule has 2 rings (SSSR count). The van der Waals surface area contributed by atoms with Crippen LogP contribution in [0.1, 0.15) is 56.5 Å². The minimum atomic E-state index is -4.08. The summed E-state index contributed by atoms with van der Waals surface area (Å²) in [7, 11) is -4.08. The number of urea groups is 1. The lowest BCUT2D eigenvalue weighted by molar-refractivity contribution is 0.256. The third-order valence-electron chi connectivity index (χ3n) is 3.94. The van der Waals surface area contributed by atoms with Crippen molar-refractivity contribution < 1.29 is 13.2 Å². The number of anilines is 1. The summed E-state index contributed by atoms with van der Waals surface area (Å²) in [5.74, 6) is 0.597. The number of carbonyl (C=O) groups excluding carboxylic acids is 1. The summed E-state index contributed by atoms with van der Waals surface area (Å²) in [6.07, 6.45) is 2.30. The van der Waals surface area contributed by atoms with Crippen molar-refractivity contribution in [3.63, 3.8) is 0 Å². The van der Waals surface area contributed by atoms with Crippen molar-refractivity contribution in [2.45, 2.75) is 51.3 Å². The van der Waals surface area contributed by atoms with Crippen molar-refractivity contribution in [2.75, 3.05) is 5.32 Å². The Kier molecular flexibility index (Phi) is 6.43. The van der Waals surface area contributed by atoms with E-state index in [1.165, 1.54) is 0 Å². The molecule has 0 unspecified atom stereocenters. The third-order valence-corrected chi connectivity index (χ3v) is 5.45. The van der Waals surface area contributed by atoms with Crippen LogP contribution in [0.15, 0.2) is 29.4 Å². The number of hydrogen-bond acceptors (Lipinski definition) is 5. The fraction of sp³-hybridized carbons (Fsp3) is 0.389. The fourth-order valence-corrected chi connectivity index (χ4v) is 3.58. The number of nitrogens with zero attached hydrogens (tertiary/aromatic N) is 2. The molecular formula is C18H23ClN4O3S. The Hall–Kier alpha value is -2.19. The van der Waals surface area contributed by atoms with Gasteiger partial charge in [-0.2, -0.15) is 0 Å². The van der Waals surface area contributed by atoms with Gasteiger partial charge in [-0.25, -0.2) is 27.9 Å². The second-order valence-corrected chi connectivity index (χ2v) is 8.91. The Morgan fingerprint density at radius 2 is 1.52 bits per heavy atom. The molecule has 7 nitrogen and oxygen atoms in total. The molecule has 1 aromatic heterocycles. The van der Waals surface area contributed by atoms with E-state index in [9.17, 15) is 13.2 Å². The van der Waals surface area contributed by atoms with Crippen LogP contribution in [0, 0.1) is 6.92 Å². The van der Waals surface area contributed by atoms with Crippen molar-refractivity contribution in [2.24, 2.45) is 0 Å². The Bertz CT molecular complexity index is 913. The first kappa shape index (κ1) is 21.1. The van der Waals surface area contributed by atoms with Gasteiger partial charge in [0.15, 0.2) is 0 Å². The first-order valence-electron chi connectivity index (χ1n) is 8.47. The maximum absolute atomic E-state index is 12.4. The molecule has 2 aromatic rings. The molecule has 0 bridgehead atoms. The number of rotatable bonds is 5. The predicted molar refractivity (Wildman–Crippen MR) is 106 cm³/mol. The van der Waals surface area contributed by atoms with Crippen LogP contribution in [0.2, 0.25) is 5.02 Å². The van der Waals surface area contributed by atoms with Crippen LogP contribution in [-0.4, -0.2) is 24.4 Å². The van der Waals surface area contributed by atoms with Gasteiger partial charge < -0.3 is 5.32 Å². The van der Waals surface area contributed by atoms with Gasteiger partial charge in [0.2, 0.25) is 0 Å². The van der Waals surface area contributed by atoms with Crippen molar-refractivity contribution in [3.05, 3.63) is 46.5 Å². The molecule has 0 aliphatic carbocycles. The van der Waals surface area contributed by atoms with E-state index in [-0.39, 0.29) is 16.7 Å². The van der Waals surface area contributed by atoms with Crippen molar-refractivity contribution in [1.82, 2.24) is 14.7 Å². The van der Waals surface area contributed by atoms with E-state index in [1.54, 1.807) is 19.1 Å². The number of amides is 2. The summed E-state index contributed by atoms with van der Waals surface area (Å²) < 4.78 is 26.7. The molecule has 0 atom stereocenters. The molecule has 0 aliphatic heterocycles. The lowest BCUT2D eigenvalue weighted by atomic mass is 9.92. The van der Waals surface area contributed by atoms with Gasteiger partial charge in [0.25, 0.3) is 10.0 Å². The van der Waals surface area contributed by atoms with E-state index in [1.807, 2.05) is 32.4 Å².